The third-order valence-electron chi connectivity index (χ3n) is 3.63. The molecule has 116 valence electrons. The van der Waals surface area contributed by atoms with E-state index in [4.69, 9.17) is 4.74 Å². The minimum absolute atomic E-state index is 0.111. The van der Waals surface area contributed by atoms with Crippen LogP contribution in [0.25, 0.3) is 11.0 Å². The van der Waals surface area contributed by atoms with Gasteiger partial charge in [0.2, 0.25) is 5.82 Å². The lowest BCUT2D eigenvalue weighted by molar-refractivity contribution is 0.0383. The summed E-state index contributed by atoms with van der Waals surface area (Å²) in [5.74, 6) is -0.177. The second-order valence-corrected chi connectivity index (χ2v) is 5.34. The number of fused-ring (bicyclic) bond motifs is 1. The first kappa shape index (κ1) is 14.8. The highest BCUT2D eigenvalue weighted by Crippen LogP contribution is 2.10. The van der Waals surface area contributed by atoms with Crippen LogP contribution in [0.2, 0.25) is 0 Å². The molecule has 7 heteroatoms. The van der Waals surface area contributed by atoms with Crippen molar-refractivity contribution < 1.29 is 9.53 Å². The van der Waals surface area contributed by atoms with Crippen molar-refractivity contribution in [3.05, 3.63) is 29.6 Å². The molecule has 0 saturated carbocycles. The summed E-state index contributed by atoms with van der Waals surface area (Å²) in [5, 5.41) is 10.8. The number of carbonyl (C=O) groups excluding carboxylic acids is 1. The highest BCUT2D eigenvalue weighted by molar-refractivity contribution is 5.91. The van der Waals surface area contributed by atoms with Crippen molar-refractivity contribution in [2.75, 3.05) is 39.4 Å². The number of morpholine rings is 1. The lowest BCUT2D eigenvalue weighted by atomic mass is 10.2. The maximum absolute atomic E-state index is 12.1. The summed E-state index contributed by atoms with van der Waals surface area (Å²) in [5.41, 5.74) is 2.45. The van der Waals surface area contributed by atoms with Gasteiger partial charge in [0, 0.05) is 26.2 Å². The third-order valence-corrected chi connectivity index (χ3v) is 3.63. The number of aromatic nitrogens is 3. The van der Waals surface area contributed by atoms with Crippen molar-refractivity contribution in [1.82, 2.24) is 25.4 Å². The predicted octanol–water partition coefficient (Wildman–Crippen LogP) is 0.395. The zero-order valence-corrected chi connectivity index (χ0v) is 12.6. The van der Waals surface area contributed by atoms with Crippen LogP contribution in [-0.4, -0.2) is 65.4 Å². The molecule has 1 N–H and O–H groups in total. The van der Waals surface area contributed by atoms with E-state index in [0.29, 0.717) is 17.6 Å². The van der Waals surface area contributed by atoms with Crippen molar-refractivity contribution in [1.29, 1.82) is 0 Å². The van der Waals surface area contributed by atoms with E-state index in [2.05, 4.69) is 25.4 Å². The van der Waals surface area contributed by atoms with Gasteiger partial charge in [-0.15, -0.1) is 10.2 Å². The molecule has 1 aliphatic heterocycles. The Morgan fingerprint density at radius 3 is 2.91 bits per heavy atom. The Bertz CT molecular complexity index is 670. The number of aryl methyl sites for hydroxylation is 1. The molecule has 1 aromatic heterocycles. The molecular formula is C15H19N5O2. The molecular weight excluding hydrogens is 282 g/mol. The summed E-state index contributed by atoms with van der Waals surface area (Å²) < 4.78 is 5.29. The predicted molar refractivity (Wildman–Crippen MR) is 81.7 cm³/mol. The Balaban J connectivity index is 1.59. The number of nitrogens with zero attached hydrogens (tertiary/aromatic N) is 4. The third kappa shape index (κ3) is 3.55. The van der Waals surface area contributed by atoms with Gasteiger partial charge in [-0.25, -0.2) is 4.98 Å². The summed E-state index contributed by atoms with van der Waals surface area (Å²) in [6.45, 7) is 6.66. The zero-order valence-electron chi connectivity index (χ0n) is 12.6. The van der Waals surface area contributed by atoms with Crippen molar-refractivity contribution >= 4 is 16.9 Å². The molecule has 0 aliphatic carbocycles. The molecule has 1 saturated heterocycles. The van der Waals surface area contributed by atoms with Crippen LogP contribution in [0, 0.1) is 6.92 Å². The molecule has 0 radical (unpaired) electrons. The SMILES string of the molecule is Cc1ccc2nnc(C(=O)NCCN3CCOCC3)nc2c1. The number of nitrogens with one attached hydrogen (secondary N) is 1. The van der Waals surface area contributed by atoms with Gasteiger partial charge in [-0.2, -0.15) is 0 Å². The summed E-state index contributed by atoms with van der Waals surface area (Å²) in [6.07, 6.45) is 0. The molecule has 3 rings (SSSR count). The quantitative estimate of drug-likeness (QED) is 0.880. The van der Waals surface area contributed by atoms with Gasteiger partial charge in [0.05, 0.1) is 18.7 Å². The second-order valence-electron chi connectivity index (χ2n) is 5.34. The Hall–Kier alpha value is -2.12. The summed E-state index contributed by atoms with van der Waals surface area (Å²) in [7, 11) is 0. The average Bonchev–Trinajstić information content (AvgIpc) is 2.55. The van der Waals surface area contributed by atoms with Gasteiger partial charge in [-0.3, -0.25) is 9.69 Å². The molecule has 2 heterocycles. The number of amides is 1. The average molecular weight is 301 g/mol. The topological polar surface area (TPSA) is 80.2 Å². The summed E-state index contributed by atoms with van der Waals surface area (Å²) in [6, 6.07) is 5.69. The van der Waals surface area contributed by atoms with Crippen molar-refractivity contribution in [2.45, 2.75) is 6.92 Å². The van der Waals surface area contributed by atoms with E-state index >= 15 is 0 Å². The molecule has 22 heavy (non-hydrogen) atoms. The fourth-order valence-corrected chi connectivity index (χ4v) is 2.37. The van der Waals surface area contributed by atoms with Gasteiger partial charge in [0.25, 0.3) is 5.91 Å². The van der Waals surface area contributed by atoms with Crippen LogP contribution in [0.5, 0.6) is 0 Å². The molecule has 0 atom stereocenters. The van der Waals surface area contributed by atoms with E-state index in [-0.39, 0.29) is 11.7 Å². The molecule has 1 aliphatic rings. The smallest absolute Gasteiger partial charge is 0.291 e. The molecule has 1 fully saturated rings. The fourth-order valence-electron chi connectivity index (χ4n) is 2.37. The van der Waals surface area contributed by atoms with E-state index in [1.165, 1.54) is 0 Å². The van der Waals surface area contributed by atoms with Gasteiger partial charge in [-0.05, 0) is 24.6 Å². The standard InChI is InChI=1S/C15H19N5O2/c1-11-2-3-12-13(10-11)17-14(19-18-12)15(21)16-4-5-20-6-8-22-9-7-20/h2-3,10H,4-9H2,1H3,(H,16,21). The van der Waals surface area contributed by atoms with Gasteiger partial charge < -0.3 is 10.1 Å². The molecule has 2 aromatic rings. The molecule has 0 bridgehead atoms. The van der Waals surface area contributed by atoms with Crippen molar-refractivity contribution in [2.24, 2.45) is 0 Å². The van der Waals surface area contributed by atoms with Gasteiger partial charge in [0.15, 0.2) is 0 Å². The fraction of sp³-hybridized carbons (Fsp3) is 0.467. The highest BCUT2D eigenvalue weighted by Gasteiger charge is 2.13. The lowest BCUT2D eigenvalue weighted by Gasteiger charge is -2.26. The normalized spacial score (nSPS) is 15.9. The molecule has 7 nitrogen and oxygen atoms in total. The van der Waals surface area contributed by atoms with Crippen LogP contribution >= 0.6 is 0 Å². The zero-order chi connectivity index (χ0) is 15.4. The van der Waals surface area contributed by atoms with E-state index < -0.39 is 0 Å². The maximum Gasteiger partial charge on any atom is 0.291 e. The van der Waals surface area contributed by atoms with Gasteiger partial charge in [0.1, 0.15) is 5.52 Å². The number of hydrogen-bond acceptors (Lipinski definition) is 6. The maximum atomic E-state index is 12.1. The lowest BCUT2D eigenvalue weighted by Crippen LogP contribution is -2.41. The summed E-state index contributed by atoms with van der Waals surface area (Å²) in [4.78, 5) is 18.6. The van der Waals surface area contributed by atoms with E-state index in [0.717, 1.165) is 38.4 Å². The Morgan fingerprint density at radius 2 is 2.09 bits per heavy atom. The largest absolute Gasteiger partial charge is 0.379 e. The molecule has 0 unspecified atom stereocenters. The monoisotopic (exact) mass is 301 g/mol. The Morgan fingerprint density at radius 1 is 1.27 bits per heavy atom. The first-order chi connectivity index (χ1) is 10.7. The van der Waals surface area contributed by atoms with Crippen molar-refractivity contribution in [3.8, 4) is 0 Å². The first-order valence-corrected chi connectivity index (χ1v) is 7.42. The Labute approximate surface area is 128 Å². The van der Waals surface area contributed by atoms with Gasteiger partial charge in [-0.1, -0.05) is 6.07 Å². The van der Waals surface area contributed by atoms with Crippen LogP contribution in [0.1, 0.15) is 16.2 Å². The van der Waals surface area contributed by atoms with Crippen LogP contribution in [0.4, 0.5) is 0 Å². The number of benzene rings is 1. The van der Waals surface area contributed by atoms with E-state index in [1.54, 1.807) is 0 Å². The number of carbonyl (C=O) groups is 1. The van der Waals surface area contributed by atoms with Crippen LogP contribution in [0.15, 0.2) is 18.2 Å². The number of rotatable bonds is 4. The highest BCUT2D eigenvalue weighted by atomic mass is 16.5. The van der Waals surface area contributed by atoms with E-state index in [1.807, 2.05) is 25.1 Å². The molecule has 1 amide bonds. The molecule has 1 aromatic carbocycles. The Kier molecular flexibility index (Phi) is 4.55. The van der Waals surface area contributed by atoms with Crippen LogP contribution < -0.4 is 5.32 Å². The van der Waals surface area contributed by atoms with Crippen molar-refractivity contribution in [3.63, 3.8) is 0 Å². The second kappa shape index (κ2) is 6.76. The minimum Gasteiger partial charge on any atom is -0.379 e. The van der Waals surface area contributed by atoms with Crippen LogP contribution in [-0.2, 0) is 4.74 Å². The molecule has 0 spiro atoms. The van der Waals surface area contributed by atoms with Crippen LogP contribution in [0.3, 0.4) is 0 Å². The van der Waals surface area contributed by atoms with E-state index in [9.17, 15) is 4.79 Å². The number of hydrogen-bond donors (Lipinski definition) is 1. The first-order valence-electron chi connectivity index (χ1n) is 7.42. The van der Waals surface area contributed by atoms with Gasteiger partial charge >= 0.3 is 0 Å². The minimum atomic E-state index is -0.288. The number of ether oxygens (including phenoxy) is 1. The summed E-state index contributed by atoms with van der Waals surface area (Å²) >= 11 is 0.